The molecule has 0 atom stereocenters. The summed E-state index contributed by atoms with van der Waals surface area (Å²) in [6, 6.07) is 3.83. The second-order valence-corrected chi connectivity index (χ2v) is 5.59. The lowest BCUT2D eigenvalue weighted by atomic mass is 10.3. The average molecular weight is 339 g/mol. The number of aryl methyl sites for hydroxylation is 1. The highest BCUT2D eigenvalue weighted by Crippen LogP contribution is 2.21. The van der Waals surface area contributed by atoms with Crippen molar-refractivity contribution in [2.24, 2.45) is 0 Å². The van der Waals surface area contributed by atoms with Crippen LogP contribution in [-0.2, 0) is 11.3 Å². The second-order valence-electron chi connectivity index (χ2n) is 4.66. The van der Waals surface area contributed by atoms with E-state index in [4.69, 9.17) is 9.47 Å². The second kappa shape index (κ2) is 8.44. The van der Waals surface area contributed by atoms with E-state index in [-0.39, 0.29) is 12.4 Å². The van der Waals surface area contributed by atoms with Crippen molar-refractivity contribution in [2.45, 2.75) is 13.5 Å². The fourth-order valence-corrected chi connectivity index (χ4v) is 2.48. The number of rotatable bonds is 7. The molecule has 0 fully saturated rings. The van der Waals surface area contributed by atoms with Crippen LogP contribution in [0.1, 0.15) is 10.6 Å². The SMILES string of the molecule is COCCOc1ccc(NC(=O)NCc2scnc2C)cc1F. The zero-order valence-corrected chi connectivity index (χ0v) is 13.7. The van der Waals surface area contributed by atoms with Crippen molar-refractivity contribution < 1.29 is 18.7 Å². The van der Waals surface area contributed by atoms with Gasteiger partial charge in [-0.2, -0.15) is 0 Å². The molecule has 0 spiro atoms. The Bertz CT molecular complexity index is 663. The van der Waals surface area contributed by atoms with Gasteiger partial charge in [0.25, 0.3) is 0 Å². The number of carbonyl (C=O) groups is 1. The van der Waals surface area contributed by atoms with Gasteiger partial charge in [-0.05, 0) is 19.1 Å². The van der Waals surface area contributed by atoms with Gasteiger partial charge in [0.2, 0.25) is 0 Å². The number of thiazole rings is 1. The average Bonchev–Trinajstić information content (AvgIpc) is 2.93. The molecule has 0 aliphatic rings. The molecule has 1 aromatic heterocycles. The summed E-state index contributed by atoms with van der Waals surface area (Å²) in [5.74, 6) is -0.425. The van der Waals surface area contributed by atoms with Gasteiger partial charge in [-0.3, -0.25) is 0 Å². The fraction of sp³-hybridized carbons (Fsp3) is 0.333. The molecular weight excluding hydrogens is 321 g/mol. The lowest BCUT2D eigenvalue weighted by molar-refractivity contribution is 0.144. The number of methoxy groups -OCH3 is 1. The summed E-state index contributed by atoms with van der Waals surface area (Å²) in [5, 5.41) is 5.27. The third kappa shape index (κ3) is 5.19. The van der Waals surface area contributed by atoms with Gasteiger partial charge in [-0.1, -0.05) is 0 Å². The number of ether oxygens (including phenoxy) is 2. The molecular formula is C15H18FN3O3S. The number of hydrogen-bond donors (Lipinski definition) is 2. The van der Waals surface area contributed by atoms with Gasteiger partial charge < -0.3 is 20.1 Å². The van der Waals surface area contributed by atoms with Crippen LogP contribution < -0.4 is 15.4 Å². The highest BCUT2D eigenvalue weighted by Gasteiger charge is 2.08. The highest BCUT2D eigenvalue weighted by atomic mass is 32.1. The van der Waals surface area contributed by atoms with Crippen LogP contribution in [0.3, 0.4) is 0 Å². The molecule has 8 heteroatoms. The lowest BCUT2D eigenvalue weighted by Crippen LogP contribution is -2.28. The summed E-state index contributed by atoms with van der Waals surface area (Å²) < 4.78 is 23.9. The predicted octanol–water partition coefficient (Wildman–Crippen LogP) is 2.94. The van der Waals surface area contributed by atoms with Crippen molar-refractivity contribution in [2.75, 3.05) is 25.6 Å². The number of nitrogens with zero attached hydrogens (tertiary/aromatic N) is 1. The van der Waals surface area contributed by atoms with Crippen molar-refractivity contribution in [3.63, 3.8) is 0 Å². The number of halogens is 1. The van der Waals surface area contributed by atoms with Crippen molar-refractivity contribution >= 4 is 23.1 Å². The van der Waals surface area contributed by atoms with Gasteiger partial charge in [-0.25, -0.2) is 14.2 Å². The van der Waals surface area contributed by atoms with E-state index < -0.39 is 11.8 Å². The molecule has 2 N–H and O–H groups in total. The van der Waals surface area contributed by atoms with Crippen LogP contribution in [-0.4, -0.2) is 31.3 Å². The summed E-state index contributed by atoms with van der Waals surface area (Å²) in [7, 11) is 1.54. The predicted molar refractivity (Wildman–Crippen MR) is 86.5 cm³/mol. The number of hydrogen-bond acceptors (Lipinski definition) is 5. The molecule has 23 heavy (non-hydrogen) atoms. The van der Waals surface area contributed by atoms with Crippen molar-refractivity contribution in [1.29, 1.82) is 0 Å². The Labute approximate surface area is 137 Å². The molecule has 124 valence electrons. The number of amides is 2. The van der Waals surface area contributed by atoms with E-state index >= 15 is 0 Å². The molecule has 0 bridgehead atoms. The largest absolute Gasteiger partial charge is 0.488 e. The Hall–Kier alpha value is -2.19. The quantitative estimate of drug-likeness (QED) is 0.761. The molecule has 2 amide bonds. The number of nitrogens with one attached hydrogen (secondary N) is 2. The first-order valence-corrected chi connectivity index (χ1v) is 7.83. The lowest BCUT2D eigenvalue weighted by Gasteiger charge is -2.10. The van der Waals surface area contributed by atoms with Crippen LogP contribution in [0.15, 0.2) is 23.7 Å². The molecule has 0 unspecified atom stereocenters. The Morgan fingerprint density at radius 2 is 2.22 bits per heavy atom. The Balaban J connectivity index is 1.86. The topological polar surface area (TPSA) is 72.5 Å². The number of urea groups is 1. The molecule has 0 radical (unpaired) electrons. The van der Waals surface area contributed by atoms with Gasteiger partial charge in [-0.15, -0.1) is 11.3 Å². The maximum absolute atomic E-state index is 13.8. The molecule has 1 aromatic carbocycles. The first-order chi connectivity index (χ1) is 11.1. The van der Waals surface area contributed by atoms with Crippen LogP contribution in [0.4, 0.5) is 14.9 Å². The summed E-state index contributed by atoms with van der Waals surface area (Å²) in [6.45, 7) is 2.89. The van der Waals surface area contributed by atoms with Gasteiger partial charge in [0.15, 0.2) is 11.6 Å². The molecule has 0 aliphatic carbocycles. The van der Waals surface area contributed by atoms with Gasteiger partial charge in [0.05, 0.1) is 24.4 Å². The van der Waals surface area contributed by atoms with Crippen LogP contribution in [0.5, 0.6) is 5.75 Å². The van der Waals surface area contributed by atoms with Gasteiger partial charge in [0, 0.05) is 23.7 Å². The van der Waals surface area contributed by atoms with Crippen LogP contribution >= 0.6 is 11.3 Å². The number of anilines is 1. The Kier molecular flexibility index (Phi) is 6.30. The molecule has 0 saturated heterocycles. The maximum Gasteiger partial charge on any atom is 0.319 e. The number of aromatic nitrogens is 1. The first-order valence-electron chi connectivity index (χ1n) is 6.95. The van der Waals surface area contributed by atoms with E-state index in [1.54, 1.807) is 18.7 Å². The third-order valence-corrected chi connectivity index (χ3v) is 3.92. The Morgan fingerprint density at radius 1 is 1.39 bits per heavy atom. The molecule has 1 heterocycles. The smallest absolute Gasteiger partial charge is 0.319 e. The molecule has 0 aliphatic heterocycles. The van der Waals surface area contributed by atoms with Crippen molar-refractivity contribution in [3.8, 4) is 5.75 Å². The standard InChI is InChI=1S/C15H18FN3O3S/c1-10-14(23-9-18-10)8-17-15(20)19-11-3-4-13(12(16)7-11)22-6-5-21-2/h3-4,7,9H,5-6,8H2,1-2H3,(H2,17,19,20). The zero-order chi connectivity index (χ0) is 16.7. The normalized spacial score (nSPS) is 10.4. The minimum Gasteiger partial charge on any atom is -0.488 e. The summed E-state index contributed by atoms with van der Waals surface area (Å²) in [4.78, 5) is 16.9. The van der Waals surface area contributed by atoms with Gasteiger partial charge in [0.1, 0.15) is 6.61 Å². The minimum atomic E-state index is -0.544. The van der Waals surface area contributed by atoms with E-state index in [0.717, 1.165) is 10.6 Å². The van der Waals surface area contributed by atoms with E-state index in [1.807, 2.05) is 6.92 Å². The number of carbonyl (C=O) groups excluding carboxylic acids is 1. The van der Waals surface area contributed by atoms with E-state index in [9.17, 15) is 9.18 Å². The third-order valence-electron chi connectivity index (χ3n) is 2.99. The van der Waals surface area contributed by atoms with Crippen LogP contribution in [0, 0.1) is 12.7 Å². The summed E-state index contributed by atoms with van der Waals surface area (Å²) >= 11 is 1.47. The minimum absolute atomic E-state index is 0.119. The first kappa shape index (κ1) is 17.2. The van der Waals surface area contributed by atoms with Crippen molar-refractivity contribution in [1.82, 2.24) is 10.3 Å². The van der Waals surface area contributed by atoms with E-state index in [2.05, 4.69) is 15.6 Å². The van der Waals surface area contributed by atoms with E-state index in [0.29, 0.717) is 18.8 Å². The molecule has 2 rings (SSSR count). The van der Waals surface area contributed by atoms with E-state index in [1.165, 1.54) is 23.5 Å². The monoisotopic (exact) mass is 339 g/mol. The fourth-order valence-electron chi connectivity index (χ4n) is 1.76. The van der Waals surface area contributed by atoms with Crippen LogP contribution in [0.25, 0.3) is 0 Å². The molecule has 0 saturated carbocycles. The molecule has 2 aromatic rings. The molecule has 6 nitrogen and oxygen atoms in total. The summed E-state index contributed by atoms with van der Waals surface area (Å²) in [5.41, 5.74) is 2.96. The highest BCUT2D eigenvalue weighted by molar-refractivity contribution is 7.09. The Morgan fingerprint density at radius 3 is 2.87 bits per heavy atom. The maximum atomic E-state index is 13.8. The van der Waals surface area contributed by atoms with Crippen molar-refractivity contribution in [3.05, 3.63) is 40.1 Å². The zero-order valence-electron chi connectivity index (χ0n) is 12.9. The van der Waals surface area contributed by atoms with Crippen LogP contribution in [0.2, 0.25) is 0 Å². The number of benzene rings is 1. The summed E-state index contributed by atoms with van der Waals surface area (Å²) in [6.07, 6.45) is 0. The van der Waals surface area contributed by atoms with Gasteiger partial charge >= 0.3 is 6.03 Å².